The first-order valence-corrected chi connectivity index (χ1v) is 19.9. The molecule has 0 bridgehead atoms. The largest absolute Gasteiger partial charge is 0.480 e. The number of nitrogens with zero attached hydrogens (tertiary/aromatic N) is 2. The Morgan fingerprint density at radius 1 is 0.904 bits per heavy atom. The molecule has 3 rings (SSSR count). The molecule has 0 saturated carbocycles. The fraction of sp³-hybridized carbons (Fsp3) is 0.516. The summed E-state index contributed by atoms with van der Waals surface area (Å²) in [4.78, 5) is 89.7. The predicted molar refractivity (Wildman–Crippen MR) is 191 cm³/mol. The molecular weight excluding hydrogens is 723 g/mol. The number of aliphatic hydroxyl groups excluding tert-OH is 1. The molecule has 1 fully saturated rings. The molecule has 2 aromatic carbocycles. The maximum atomic E-state index is 13.6. The van der Waals surface area contributed by atoms with Crippen LogP contribution >= 0.6 is 15.2 Å². The van der Waals surface area contributed by atoms with Crippen LogP contribution in [0.25, 0.3) is 11.1 Å². The molecule has 18 nitrogen and oxygen atoms in total. The lowest BCUT2D eigenvalue weighted by molar-refractivity contribution is -0.126. The summed E-state index contributed by atoms with van der Waals surface area (Å²) in [6, 6.07) is 12.1. The average Bonchev–Trinajstić information content (AvgIpc) is 3.05. The number of nitroso groups, excluding NO2 is 1. The maximum absolute atomic E-state index is 13.6. The lowest BCUT2D eigenvalue weighted by atomic mass is 9.73. The number of carbonyl (C=O) groups is 3. The Morgan fingerprint density at radius 2 is 1.52 bits per heavy atom. The highest BCUT2D eigenvalue weighted by molar-refractivity contribution is 7.70. The third-order valence-corrected chi connectivity index (χ3v) is 11.4. The number of hydrogen-bond donors (Lipinski definition) is 8. The van der Waals surface area contributed by atoms with Crippen LogP contribution in [0.2, 0.25) is 0 Å². The highest BCUT2D eigenvalue weighted by Gasteiger charge is 2.44. The highest BCUT2D eigenvalue weighted by Crippen LogP contribution is 2.58. The Morgan fingerprint density at radius 3 is 2.06 bits per heavy atom. The van der Waals surface area contributed by atoms with E-state index in [2.05, 4.69) is 15.8 Å². The summed E-state index contributed by atoms with van der Waals surface area (Å²) in [7, 11) is -11.5. The van der Waals surface area contributed by atoms with Gasteiger partial charge in [-0.25, -0.2) is 0 Å². The van der Waals surface area contributed by atoms with Gasteiger partial charge in [-0.1, -0.05) is 56.3 Å². The molecule has 1 saturated heterocycles. The van der Waals surface area contributed by atoms with Gasteiger partial charge in [0.15, 0.2) is 0 Å². The topological polar surface area (TPSA) is 274 Å². The Balaban J connectivity index is 1.61. The quantitative estimate of drug-likeness (QED) is 0.0646. The molecule has 1 aliphatic heterocycles. The van der Waals surface area contributed by atoms with Gasteiger partial charge >= 0.3 is 22.3 Å². The van der Waals surface area contributed by atoms with Gasteiger partial charge in [0.2, 0.25) is 17.3 Å². The Bertz CT molecular complexity index is 1590. The third-order valence-electron chi connectivity index (χ3n) is 8.07. The summed E-state index contributed by atoms with van der Waals surface area (Å²) < 4.78 is 34.8. The predicted octanol–water partition coefficient (Wildman–Crippen LogP) is 1.67. The van der Waals surface area contributed by atoms with E-state index in [1.54, 1.807) is 47.8 Å². The first-order valence-electron chi connectivity index (χ1n) is 16.6. The number of benzene rings is 2. The van der Waals surface area contributed by atoms with Crippen molar-refractivity contribution < 1.29 is 57.5 Å². The summed E-state index contributed by atoms with van der Waals surface area (Å²) in [6.45, 7) is 6.62. The summed E-state index contributed by atoms with van der Waals surface area (Å²) >= 11 is 0. The molecule has 2 unspecified atom stereocenters. The van der Waals surface area contributed by atoms with Gasteiger partial charge in [0, 0.05) is 38.3 Å². The molecule has 1 heterocycles. The van der Waals surface area contributed by atoms with Crippen LogP contribution in [0.15, 0.2) is 53.7 Å². The lowest BCUT2D eigenvalue weighted by Crippen LogP contribution is -2.59. The van der Waals surface area contributed by atoms with Crippen molar-refractivity contribution >= 4 is 45.7 Å². The number of aliphatic hydroxyl groups is 1. The SMILES string of the molecule is CC(C)CC(NC(=O)[C@H](NC(=O)c1cccc(-c2ccccc2)c1N=O)C(C)O)B1OCCN(CCCC(=O)NC(P(=O)(O)O)P(=O)(O)O)CCO1. The molecule has 21 heteroatoms. The van der Waals surface area contributed by atoms with Crippen molar-refractivity contribution in [1.82, 2.24) is 20.9 Å². The van der Waals surface area contributed by atoms with Crippen molar-refractivity contribution in [1.29, 1.82) is 0 Å². The van der Waals surface area contributed by atoms with Gasteiger partial charge in [-0.3, -0.25) is 28.4 Å². The molecule has 52 heavy (non-hydrogen) atoms. The number of carbonyl (C=O) groups excluding carboxylic acids is 3. The Kier molecular flexibility index (Phi) is 16.3. The van der Waals surface area contributed by atoms with E-state index >= 15 is 0 Å². The first-order chi connectivity index (χ1) is 24.4. The molecular formula is C31H46BN5O13P2. The van der Waals surface area contributed by atoms with E-state index in [-0.39, 0.29) is 43.2 Å². The van der Waals surface area contributed by atoms with E-state index < -0.39 is 63.6 Å². The number of amides is 3. The van der Waals surface area contributed by atoms with Crippen LogP contribution in [0.4, 0.5) is 5.69 Å². The molecule has 1 aliphatic rings. The average molecular weight is 769 g/mol. The molecule has 3 amide bonds. The summed E-state index contributed by atoms with van der Waals surface area (Å²) in [5.74, 6) is -3.04. The van der Waals surface area contributed by atoms with Gasteiger partial charge in [0.05, 0.1) is 17.6 Å². The maximum Gasteiger partial charge on any atom is 0.480 e. The minimum Gasteiger partial charge on any atom is -0.408 e. The van der Waals surface area contributed by atoms with Gasteiger partial charge < -0.3 is 49.9 Å². The van der Waals surface area contributed by atoms with E-state index in [1.807, 2.05) is 18.7 Å². The molecule has 8 N–H and O–H groups in total. The summed E-state index contributed by atoms with van der Waals surface area (Å²) in [5.41, 5.74) is -1.72. The van der Waals surface area contributed by atoms with Gasteiger partial charge in [-0.2, -0.15) is 0 Å². The molecule has 3 atom stereocenters. The Labute approximate surface area is 301 Å². The van der Waals surface area contributed by atoms with Crippen molar-refractivity contribution in [3.8, 4) is 11.1 Å². The minimum absolute atomic E-state index is 0.0721. The molecule has 286 valence electrons. The van der Waals surface area contributed by atoms with Crippen LogP contribution in [0.1, 0.15) is 50.4 Å². The first kappa shape index (κ1) is 43.1. The lowest BCUT2D eigenvalue weighted by Gasteiger charge is -2.32. The second kappa shape index (κ2) is 19.7. The zero-order chi connectivity index (χ0) is 38.6. The standard InChI is InChI=1S/C31H46BN5O13P2/c1-20(2)19-25(32-49-17-15-37(16-18-50-32)14-8-13-26(39)34-31(51(43,44)45)52(46,47)48)33-30(41)27(21(3)38)35-29(40)24-12-7-11-23(28(24)36-42)22-9-5-4-6-10-22/h4-7,9-12,20-21,25,27,31,38H,8,13-19H2,1-3H3,(H,33,41)(H,34,39)(H,35,40)(H2,43,44,45)(H2,46,47,48)/t21?,25?,27-/m1/s1. The fourth-order valence-corrected chi connectivity index (χ4v) is 7.77. The molecule has 0 radical (unpaired) electrons. The van der Waals surface area contributed by atoms with E-state index in [0.717, 1.165) is 0 Å². The van der Waals surface area contributed by atoms with Crippen LogP contribution in [0, 0.1) is 10.8 Å². The molecule has 0 spiro atoms. The summed E-state index contributed by atoms with van der Waals surface area (Å²) in [5, 5.41) is 20.8. The van der Waals surface area contributed by atoms with Crippen LogP contribution < -0.4 is 16.0 Å². The fourth-order valence-electron chi connectivity index (χ4n) is 5.57. The number of rotatable bonds is 17. The second-order valence-electron chi connectivity index (χ2n) is 12.8. The molecule has 0 aromatic heterocycles. The van der Waals surface area contributed by atoms with Gasteiger partial charge in [0.25, 0.3) is 5.91 Å². The van der Waals surface area contributed by atoms with Crippen molar-refractivity contribution in [2.45, 2.75) is 63.6 Å². The second-order valence-corrected chi connectivity index (χ2v) is 16.6. The molecule has 2 aromatic rings. The van der Waals surface area contributed by atoms with Gasteiger partial charge in [-0.05, 0) is 49.0 Å². The van der Waals surface area contributed by atoms with Crippen molar-refractivity contribution in [3.63, 3.8) is 0 Å². The monoisotopic (exact) mass is 769 g/mol. The highest BCUT2D eigenvalue weighted by atomic mass is 31.2. The number of nitrogens with one attached hydrogen (secondary N) is 3. The number of hydrogen-bond acceptors (Lipinski definition) is 11. The minimum atomic E-state index is -5.31. The zero-order valence-corrected chi connectivity index (χ0v) is 30.8. The van der Waals surface area contributed by atoms with Crippen LogP contribution in [0.5, 0.6) is 0 Å². The van der Waals surface area contributed by atoms with Crippen molar-refractivity contribution in [2.75, 3.05) is 32.8 Å². The van der Waals surface area contributed by atoms with Crippen molar-refractivity contribution in [2.24, 2.45) is 11.1 Å². The van der Waals surface area contributed by atoms with E-state index in [0.29, 0.717) is 37.2 Å². The van der Waals surface area contributed by atoms with Crippen molar-refractivity contribution in [3.05, 3.63) is 59.0 Å². The van der Waals surface area contributed by atoms with Crippen LogP contribution in [-0.4, -0.2) is 111 Å². The van der Waals surface area contributed by atoms with E-state index in [4.69, 9.17) is 9.31 Å². The van der Waals surface area contributed by atoms with Gasteiger partial charge in [0.1, 0.15) is 11.7 Å². The van der Waals surface area contributed by atoms with E-state index in [1.165, 1.54) is 13.0 Å². The smallest absolute Gasteiger partial charge is 0.408 e. The zero-order valence-electron chi connectivity index (χ0n) is 29.0. The van der Waals surface area contributed by atoms with Crippen LogP contribution in [0.3, 0.4) is 0 Å². The van der Waals surface area contributed by atoms with Crippen LogP contribution in [-0.2, 0) is 28.0 Å². The van der Waals surface area contributed by atoms with Gasteiger partial charge in [-0.15, -0.1) is 4.91 Å². The third kappa shape index (κ3) is 13.0. The normalized spacial score (nSPS) is 16.4. The molecule has 0 aliphatic carbocycles. The van der Waals surface area contributed by atoms with E-state index in [9.17, 15) is 53.1 Å². The Hall–Kier alpha value is -3.35. The summed E-state index contributed by atoms with van der Waals surface area (Å²) in [6.07, 6.45) is -0.975.